The molecule has 3 rings (SSSR count). The molecule has 0 unspecified atom stereocenters. The van der Waals surface area contributed by atoms with E-state index in [9.17, 15) is 4.79 Å². The zero-order valence-corrected chi connectivity index (χ0v) is 17.2. The van der Waals surface area contributed by atoms with Gasteiger partial charge in [-0.3, -0.25) is 9.69 Å². The smallest absolute Gasteiger partial charge is 0.230 e. The maximum atomic E-state index is 12.1. The first-order valence-electron chi connectivity index (χ1n) is 9.26. The van der Waals surface area contributed by atoms with Crippen molar-refractivity contribution in [3.63, 3.8) is 0 Å². The molecule has 0 bridgehead atoms. The first kappa shape index (κ1) is 20.3. The molecule has 2 fully saturated rings. The Kier molecular flexibility index (Phi) is 7.94. The number of nitrogens with zero attached hydrogens (tertiary/aromatic N) is 1. The number of carbonyl (C=O) groups excluding carboxylic acids is 1. The van der Waals surface area contributed by atoms with Crippen molar-refractivity contribution in [1.29, 1.82) is 0 Å². The first-order valence-corrected chi connectivity index (χ1v) is 11.1. The Labute approximate surface area is 169 Å². The summed E-state index contributed by atoms with van der Waals surface area (Å²) >= 11 is 13.9. The number of ether oxygens (including phenoxy) is 1. The summed E-state index contributed by atoms with van der Waals surface area (Å²) in [4.78, 5) is 14.4. The molecule has 7 heteroatoms. The van der Waals surface area contributed by atoms with Gasteiger partial charge in [-0.25, -0.2) is 0 Å². The fourth-order valence-corrected chi connectivity index (χ4v) is 4.95. The van der Waals surface area contributed by atoms with Crippen LogP contribution < -0.4 is 5.32 Å². The van der Waals surface area contributed by atoms with Gasteiger partial charge in [0, 0.05) is 31.4 Å². The Morgan fingerprint density at radius 3 is 2.85 bits per heavy atom. The highest BCUT2D eigenvalue weighted by Gasteiger charge is 2.22. The van der Waals surface area contributed by atoms with Gasteiger partial charge in [0.1, 0.15) is 0 Å². The maximum Gasteiger partial charge on any atom is 0.230 e. The molecule has 1 aliphatic heterocycles. The van der Waals surface area contributed by atoms with Crippen molar-refractivity contribution in [1.82, 2.24) is 10.2 Å². The molecule has 1 heterocycles. The number of hydrogen-bond donors (Lipinski definition) is 1. The molecule has 26 heavy (non-hydrogen) atoms. The molecule has 144 valence electrons. The van der Waals surface area contributed by atoms with E-state index in [0.29, 0.717) is 34.2 Å². The minimum Gasteiger partial charge on any atom is -0.374 e. The van der Waals surface area contributed by atoms with Crippen LogP contribution in [0.2, 0.25) is 10.0 Å². The Hall–Kier alpha value is -0.460. The van der Waals surface area contributed by atoms with Crippen LogP contribution in [0.15, 0.2) is 18.2 Å². The van der Waals surface area contributed by atoms with Crippen molar-refractivity contribution in [2.75, 3.05) is 32.0 Å². The summed E-state index contributed by atoms with van der Waals surface area (Å²) in [6.07, 6.45) is 5.17. The molecule has 1 N–H and O–H groups in total. The van der Waals surface area contributed by atoms with Gasteiger partial charge in [0.05, 0.1) is 28.5 Å². The fraction of sp³-hybridized carbons (Fsp3) is 0.632. The van der Waals surface area contributed by atoms with E-state index in [1.807, 2.05) is 18.2 Å². The lowest BCUT2D eigenvalue weighted by atomic mass is 10.2. The number of thioether (sulfide) groups is 1. The van der Waals surface area contributed by atoms with Crippen LogP contribution in [0.4, 0.5) is 0 Å². The molecular formula is C19H26Cl2N2O2S. The Morgan fingerprint density at radius 1 is 1.27 bits per heavy atom. The highest BCUT2D eigenvalue weighted by Crippen LogP contribution is 2.29. The van der Waals surface area contributed by atoms with E-state index in [4.69, 9.17) is 27.9 Å². The van der Waals surface area contributed by atoms with E-state index in [-0.39, 0.29) is 12.0 Å². The zero-order valence-electron chi connectivity index (χ0n) is 14.9. The molecule has 1 amide bonds. The first-order chi connectivity index (χ1) is 12.6. The van der Waals surface area contributed by atoms with Gasteiger partial charge in [-0.2, -0.15) is 0 Å². The third kappa shape index (κ3) is 6.31. The summed E-state index contributed by atoms with van der Waals surface area (Å²) in [5.41, 5.74) is 1.14. The average Bonchev–Trinajstić information content (AvgIpc) is 3.15. The van der Waals surface area contributed by atoms with Gasteiger partial charge in [-0.05, 0) is 30.5 Å². The molecule has 1 saturated heterocycles. The number of benzene rings is 1. The van der Waals surface area contributed by atoms with Crippen molar-refractivity contribution >= 4 is 40.9 Å². The van der Waals surface area contributed by atoms with Crippen LogP contribution in [0.25, 0.3) is 0 Å². The summed E-state index contributed by atoms with van der Waals surface area (Å²) in [5, 5.41) is 4.86. The predicted octanol–water partition coefficient (Wildman–Crippen LogP) is 3.99. The quantitative estimate of drug-likeness (QED) is 0.729. The molecular weight excluding hydrogens is 391 g/mol. The van der Waals surface area contributed by atoms with Gasteiger partial charge in [-0.15, -0.1) is 11.8 Å². The second kappa shape index (κ2) is 10.2. The summed E-state index contributed by atoms with van der Waals surface area (Å²) in [5.74, 6) is 0.678. The second-order valence-corrected chi connectivity index (χ2v) is 9.10. The summed E-state index contributed by atoms with van der Waals surface area (Å²) in [6, 6.07) is 5.75. The van der Waals surface area contributed by atoms with Crippen LogP contribution in [-0.4, -0.2) is 54.2 Å². The van der Waals surface area contributed by atoms with Gasteiger partial charge in [0.2, 0.25) is 5.91 Å². The molecule has 1 atom stereocenters. The standard InChI is InChI=1S/C19H26Cl2N2O2S/c20-17-6-5-14(9-18(17)21)11-23-7-8-25-15(12-23)10-22-19(24)13-26-16-3-1-2-4-16/h5-6,9,15-16H,1-4,7-8,10-13H2,(H,22,24)/t15-/m0/s1. The third-order valence-corrected chi connectivity index (χ3v) is 7.00. The van der Waals surface area contributed by atoms with E-state index in [1.165, 1.54) is 25.7 Å². The van der Waals surface area contributed by atoms with Gasteiger partial charge in [-0.1, -0.05) is 42.1 Å². The van der Waals surface area contributed by atoms with Gasteiger partial charge >= 0.3 is 0 Å². The minimum atomic E-state index is 0.0342. The molecule has 0 radical (unpaired) electrons. The van der Waals surface area contributed by atoms with Gasteiger partial charge < -0.3 is 10.1 Å². The van der Waals surface area contributed by atoms with Gasteiger partial charge in [0.15, 0.2) is 0 Å². The maximum absolute atomic E-state index is 12.1. The summed E-state index contributed by atoms with van der Waals surface area (Å²) in [6.45, 7) is 3.74. The Morgan fingerprint density at radius 2 is 2.08 bits per heavy atom. The molecule has 1 aromatic carbocycles. The van der Waals surface area contributed by atoms with Crippen LogP contribution in [-0.2, 0) is 16.1 Å². The van der Waals surface area contributed by atoms with Crippen LogP contribution in [0.1, 0.15) is 31.2 Å². The molecule has 1 aromatic rings. The minimum absolute atomic E-state index is 0.0342. The summed E-state index contributed by atoms with van der Waals surface area (Å²) < 4.78 is 5.81. The topological polar surface area (TPSA) is 41.6 Å². The van der Waals surface area contributed by atoms with Crippen molar-refractivity contribution in [3.05, 3.63) is 33.8 Å². The number of amides is 1. The van der Waals surface area contributed by atoms with Gasteiger partial charge in [0.25, 0.3) is 0 Å². The normalized spacial score (nSPS) is 21.8. The molecule has 0 spiro atoms. The number of rotatable bonds is 7. The molecule has 1 saturated carbocycles. The lowest BCUT2D eigenvalue weighted by molar-refractivity contribution is -0.119. The third-order valence-electron chi connectivity index (χ3n) is 4.89. The number of nitrogens with one attached hydrogen (secondary N) is 1. The van der Waals surface area contributed by atoms with Crippen LogP contribution in [0, 0.1) is 0 Å². The summed E-state index contributed by atoms with van der Waals surface area (Å²) in [7, 11) is 0. The Balaban J connectivity index is 1.38. The van der Waals surface area contributed by atoms with E-state index in [2.05, 4.69) is 10.2 Å². The highest BCUT2D eigenvalue weighted by molar-refractivity contribution is 8.00. The number of carbonyl (C=O) groups is 1. The van der Waals surface area contributed by atoms with E-state index in [0.717, 1.165) is 25.2 Å². The van der Waals surface area contributed by atoms with Crippen LogP contribution >= 0.6 is 35.0 Å². The van der Waals surface area contributed by atoms with Crippen molar-refractivity contribution in [2.45, 2.75) is 43.6 Å². The molecule has 1 aliphatic carbocycles. The van der Waals surface area contributed by atoms with E-state index >= 15 is 0 Å². The molecule has 2 aliphatic rings. The van der Waals surface area contributed by atoms with Crippen molar-refractivity contribution < 1.29 is 9.53 Å². The Bertz CT molecular complexity index is 611. The fourth-order valence-electron chi connectivity index (χ4n) is 3.47. The largest absolute Gasteiger partial charge is 0.374 e. The second-order valence-electron chi connectivity index (χ2n) is 7.00. The van der Waals surface area contributed by atoms with Crippen LogP contribution in [0.5, 0.6) is 0 Å². The van der Waals surface area contributed by atoms with Crippen molar-refractivity contribution in [3.8, 4) is 0 Å². The molecule has 0 aromatic heterocycles. The monoisotopic (exact) mass is 416 g/mol. The van der Waals surface area contributed by atoms with Crippen molar-refractivity contribution in [2.24, 2.45) is 0 Å². The lowest BCUT2D eigenvalue weighted by Gasteiger charge is -2.33. The van der Waals surface area contributed by atoms with E-state index in [1.54, 1.807) is 11.8 Å². The molecule has 4 nitrogen and oxygen atoms in total. The SMILES string of the molecule is O=C(CSC1CCCC1)NC[C@H]1CN(Cc2ccc(Cl)c(Cl)c2)CCO1. The number of halogens is 2. The lowest BCUT2D eigenvalue weighted by Crippen LogP contribution is -2.47. The predicted molar refractivity (Wildman–Crippen MR) is 109 cm³/mol. The zero-order chi connectivity index (χ0) is 18.4. The highest BCUT2D eigenvalue weighted by atomic mass is 35.5. The number of morpholine rings is 1. The average molecular weight is 417 g/mol. The van der Waals surface area contributed by atoms with Crippen LogP contribution in [0.3, 0.4) is 0 Å². The van der Waals surface area contributed by atoms with E-state index < -0.39 is 0 Å². The number of hydrogen-bond acceptors (Lipinski definition) is 4.